The summed E-state index contributed by atoms with van der Waals surface area (Å²) in [6, 6.07) is 18.9. The van der Waals surface area contributed by atoms with E-state index in [0.29, 0.717) is 11.5 Å². The van der Waals surface area contributed by atoms with Crippen molar-refractivity contribution < 1.29 is 49.4 Å². The predicted octanol–water partition coefficient (Wildman–Crippen LogP) is -2.05. The van der Waals surface area contributed by atoms with Gasteiger partial charge in [-0.3, -0.25) is 0 Å². The lowest BCUT2D eigenvalue weighted by atomic mass is 10.2. The molecule has 2 unspecified atom stereocenters. The number of nitrogens with zero attached hydrogens (tertiary/aromatic N) is 2. The zero-order valence-corrected chi connectivity index (χ0v) is 18.4. The van der Waals surface area contributed by atoms with Crippen molar-refractivity contribution in [2.24, 2.45) is 14.1 Å². The van der Waals surface area contributed by atoms with Crippen molar-refractivity contribution in [3.63, 3.8) is 0 Å². The van der Waals surface area contributed by atoms with Crippen LogP contribution in [0.5, 0.6) is 11.5 Å². The lowest BCUT2D eigenvalue weighted by Gasteiger charge is -2.18. The highest BCUT2D eigenvalue weighted by Gasteiger charge is 2.17. The smallest absolute Gasteiger partial charge is 0.254 e. The summed E-state index contributed by atoms with van der Waals surface area (Å²) >= 11 is 0. The number of carbonyl (C=O) groups is 2. The first-order valence-corrected chi connectivity index (χ1v) is 9.95. The number of benzene rings is 2. The van der Waals surface area contributed by atoms with Gasteiger partial charge in [-0.05, 0) is 36.4 Å². The summed E-state index contributed by atoms with van der Waals surface area (Å²) in [6.45, 7) is 0. The van der Waals surface area contributed by atoms with E-state index in [9.17, 15) is 30.0 Å². The van der Waals surface area contributed by atoms with E-state index in [2.05, 4.69) is 0 Å². The summed E-state index contributed by atoms with van der Waals surface area (Å²) in [6.07, 6.45) is -1.04. The molecule has 0 aliphatic carbocycles. The minimum Gasteiger partial charge on any atom is -0.547 e. The molecule has 0 fully saturated rings. The van der Waals surface area contributed by atoms with E-state index in [-0.39, 0.29) is 0 Å². The number of carbonyl (C=O) groups excluding carboxylic acids is 2. The van der Waals surface area contributed by atoms with Gasteiger partial charge in [-0.2, -0.15) is 9.13 Å². The molecule has 4 rings (SSSR count). The summed E-state index contributed by atoms with van der Waals surface area (Å²) in [7, 11) is 3.84. The topological polar surface area (TPSA) is 169 Å². The maximum absolute atomic E-state index is 9.63. The number of pyridine rings is 2. The van der Waals surface area contributed by atoms with Crippen molar-refractivity contribution >= 4 is 33.7 Å². The molecule has 34 heavy (non-hydrogen) atoms. The Balaban J connectivity index is 0.000000182. The molecule has 0 bridgehead atoms. The Morgan fingerprint density at radius 2 is 1.00 bits per heavy atom. The van der Waals surface area contributed by atoms with Gasteiger partial charge in [0.05, 0.1) is 22.7 Å². The molecule has 10 nitrogen and oxygen atoms in total. The number of aliphatic carboxylic acids is 2. The van der Waals surface area contributed by atoms with Crippen LogP contribution in [0.4, 0.5) is 0 Å². The standard InChI is InChI=1S/2C10H9NO.C4H6O6/c2*1-11-7-3-5-8-4-2-6-9(12)10(8)11;5-1(3(7)8)2(6)4(9)10/h2*2-7H,1H3;1-2,5-6H,(H,7,8)(H,9,10). The first-order chi connectivity index (χ1) is 16.0. The third-order valence-electron chi connectivity index (χ3n) is 4.75. The maximum atomic E-state index is 9.63. The molecule has 0 radical (unpaired) electrons. The second-order valence-electron chi connectivity index (χ2n) is 7.20. The van der Waals surface area contributed by atoms with Gasteiger partial charge in [0, 0.05) is 12.1 Å². The number of fused-ring (bicyclic) bond motifs is 2. The molecule has 2 heterocycles. The number of carboxylic acids is 2. The molecule has 0 amide bonds. The second-order valence-corrected chi connectivity index (χ2v) is 7.20. The summed E-state index contributed by atoms with van der Waals surface area (Å²) < 4.78 is 3.81. The number of hydrogen-bond acceptors (Lipinski definition) is 8. The van der Waals surface area contributed by atoms with Crippen molar-refractivity contribution in [3.8, 4) is 11.5 Å². The fourth-order valence-corrected chi connectivity index (χ4v) is 3.09. The van der Waals surface area contributed by atoms with Gasteiger partial charge in [0.1, 0.15) is 26.3 Å². The lowest BCUT2D eigenvalue weighted by Crippen LogP contribution is -2.51. The minimum atomic E-state index is -2.44. The third-order valence-corrected chi connectivity index (χ3v) is 4.75. The molecular weight excluding hydrogens is 444 g/mol. The van der Waals surface area contributed by atoms with Gasteiger partial charge in [-0.25, -0.2) is 0 Å². The van der Waals surface area contributed by atoms with Crippen LogP contribution in [0.3, 0.4) is 0 Å². The maximum Gasteiger partial charge on any atom is 0.254 e. The molecule has 4 N–H and O–H groups in total. The first-order valence-electron chi connectivity index (χ1n) is 9.95. The van der Waals surface area contributed by atoms with Crippen molar-refractivity contribution in [2.75, 3.05) is 0 Å². The number of aryl methyl sites for hydroxylation is 2. The van der Waals surface area contributed by atoms with E-state index in [1.54, 1.807) is 12.1 Å². The molecule has 0 saturated carbocycles. The Morgan fingerprint density at radius 3 is 1.29 bits per heavy atom. The number of phenols is 2. The Labute approximate surface area is 194 Å². The lowest BCUT2D eigenvalue weighted by molar-refractivity contribution is -0.645. The molecule has 4 aromatic rings. The molecule has 2 aromatic heterocycles. The Kier molecular flexibility index (Phi) is 8.82. The van der Waals surface area contributed by atoms with Crippen LogP contribution >= 0.6 is 0 Å². The van der Waals surface area contributed by atoms with Gasteiger partial charge >= 0.3 is 0 Å². The number of aromatic hydroxyl groups is 2. The minimum absolute atomic E-state index is 0.329. The molecule has 0 aliphatic heterocycles. The fraction of sp³-hybridized carbons (Fsp3) is 0.167. The average Bonchev–Trinajstić information content (AvgIpc) is 2.79. The largest absolute Gasteiger partial charge is 0.547 e. The van der Waals surface area contributed by atoms with Crippen LogP contribution in [0, 0.1) is 0 Å². The number of aromatic nitrogens is 2. The highest BCUT2D eigenvalue weighted by atomic mass is 16.4. The van der Waals surface area contributed by atoms with Crippen molar-refractivity contribution in [1.82, 2.24) is 0 Å². The average molecular weight is 468 g/mol. The number of hydrogen-bond donors (Lipinski definition) is 4. The van der Waals surface area contributed by atoms with Crippen LogP contribution in [-0.2, 0) is 23.7 Å². The number of aliphatic hydroxyl groups is 2. The highest BCUT2D eigenvalue weighted by Crippen LogP contribution is 2.20. The van der Waals surface area contributed by atoms with E-state index >= 15 is 0 Å². The van der Waals surface area contributed by atoms with E-state index in [1.165, 1.54) is 0 Å². The molecule has 2 aromatic carbocycles. The third kappa shape index (κ3) is 6.37. The monoisotopic (exact) mass is 468 g/mol. The highest BCUT2D eigenvalue weighted by molar-refractivity contribution is 5.82. The van der Waals surface area contributed by atoms with E-state index in [0.717, 1.165) is 21.8 Å². The molecule has 178 valence electrons. The van der Waals surface area contributed by atoms with E-state index < -0.39 is 24.1 Å². The van der Waals surface area contributed by atoms with Crippen molar-refractivity contribution in [3.05, 3.63) is 73.1 Å². The van der Waals surface area contributed by atoms with Crippen LogP contribution in [0.1, 0.15) is 0 Å². The normalized spacial score (nSPS) is 12.0. The number of carboxylic acid groups (broad SMARTS) is 2. The first kappa shape index (κ1) is 26.0. The fourth-order valence-electron chi connectivity index (χ4n) is 3.09. The van der Waals surface area contributed by atoms with Gasteiger partial charge in [-0.15, -0.1) is 0 Å². The SMILES string of the molecule is C[n+]1cccc2cccc(O)c21.C[n+]1cccc2cccc(O)c21.O=C([O-])C(O)C(O)C(=O)[O-]. The number of para-hydroxylation sites is 2. The van der Waals surface area contributed by atoms with Crippen molar-refractivity contribution in [1.29, 1.82) is 0 Å². The molecule has 10 heteroatoms. The summed E-state index contributed by atoms with van der Waals surface area (Å²) in [5.74, 6) is -3.46. The van der Waals surface area contributed by atoms with Gasteiger partial charge in [0.15, 0.2) is 23.9 Å². The molecule has 0 saturated heterocycles. The zero-order chi connectivity index (χ0) is 25.4. The number of aliphatic hydroxyl groups excluding tert-OH is 2. The Hall–Kier alpha value is -4.28. The van der Waals surface area contributed by atoms with E-state index in [1.807, 2.05) is 84.2 Å². The summed E-state index contributed by atoms with van der Waals surface area (Å²) in [4.78, 5) is 19.3. The number of phenolic OH excluding ortho intramolecular Hbond substituents is 2. The van der Waals surface area contributed by atoms with Crippen LogP contribution in [0.25, 0.3) is 21.8 Å². The second kappa shape index (κ2) is 11.5. The predicted molar refractivity (Wildman–Crippen MR) is 116 cm³/mol. The molecule has 0 spiro atoms. The van der Waals surface area contributed by atoms with Crippen LogP contribution in [0.2, 0.25) is 0 Å². The summed E-state index contributed by atoms with van der Waals surface area (Å²) in [5.41, 5.74) is 1.75. The van der Waals surface area contributed by atoms with Gasteiger partial charge in [0.2, 0.25) is 0 Å². The molecule has 0 aliphatic rings. The molecule has 2 atom stereocenters. The molecular formula is C24H24N2O8. The van der Waals surface area contributed by atoms with Crippen LogP contribution < -0.4 is 19.3 Å². The van der Waals surface area contributed by atoms with Crippen molar-refractivity contribution in [2.45, 2.75) is 12.2 Å². The Morgan fingerprint density at radius 1 is 0.676 bits per heavy atom. The Bertz CT molecular complexity index is 1130. The van der Waals surface area contributed by atoms with Gasteiger partial charge in [-0.1, -0.05) is 12.1 Å². The number of rotatable bonds is 3. The van der Waals surface area contributed by atoms with Gasteiger partial charge < -0.3 is 40.2 Å². The van der Waals surface area contributed by atoms with Crippen LogP contribution in [0.15, 0.2) is 73.1 Å². The summed E-state index contributed by atoms with van der Waals surface area (Å²) in [5, 5.41) is 56.9. The quantitative estimate of drug-likeness (QED) is 0.249. The van der Waals surface area contributed by atoms with E-state index in [4.69, 9.17) is 10.2 Å². The van der Waals surface area contributed by atoms with Gasteiger partial charge in [0.25, 0.3) is 11.0 Å². The van der Waals surface area contributed by atoms with Crippen LogP contribution in [-0.4, -0.2) is 44.6 Å². The zero-order valence-electron chi connectivity index (χ0n) is 18.4.